The lowest BCUT2D eigenvalue weighted by Crippen LogP contribution is -2.47. The largest absolute Gasteiger partial charge is 0.467 e. The van der Waals surface area contributed by atoms with Crippen molar-refractivity contribution in [1.29, 1.82) is 0 Å². The van der Waals surface area contributed by atoms with Crippen molar-refractivity contribution in [3.63, 3.8) is 0 Å². The first-order chi connectivity index (χ1) is 6.57. The van der Waals surface area contributed by atoms with Crippen LogP contribution in [0.5, 0.6) is 0 Å². The summed E-state index contributed by atoms with van der Waals surface area (Å²) in [6.07, 6.45) is 1.50. The lowest BCUT2D eigenvalue weighted by Gasteiger charge is -2.24. The fourth-order valence-electron chi connectivity index (χ4n) is 1.67. The maximum Gasteiger partial charge on any atom is 0.328 e. The van der Waals surface area contributed by atoms with Crippen molar-refractivity contribution in [2.45, 2.75) is 31.8 Å². The van der Waals surface area contributed by atoms with Gasteiger partial charge in [0.1, 0.15) is 6.04 Å². The van der Waals surface area contributed by atoms with Crippen LogP contribution in [0.4, 0.5) is 0 Å². The average molecular weight is 200 g/mol. The number of hydrogen-bond donors (Lipinski definition) is 1. The Bertz CT molecular complexity index is 240. The molecule has 14 heavy (non-hydrogen) atoms. The number of nitrogens with zero attached hydrogens (tertiary/aromatic N) is 1. The molecule has 0 spiro atoms. The van der Waals surface area contributed by atoms with Gasteiger partial charge in [-0.15, -0.1) is 0 Å². The van der Waals surface area contributed by atoms with Crippen LogP contribution < -0.4 is 5.73 Å². The summed E-state index contributed by atoms with van der Waals surface area (Å²) in [6.45, 7) is 2.22. The number of carbonyl (C=O) groups excluding carboxylic acids is 2. The van der Waals surface area contributed by atoms with Gasteiger partial charge in [0.25, 0.3) is 0 Å². The van der Waals surface area contributed by atoms with Crippen LogP contribution in [0.2, 0.25) is 0 Å². The fraction of sp³-hybridized carbons (Fsp3) is 0.778. The van der Waals surface area contributed by atoms with Gasteiger partial charge in [-0.05, 0) is 19.8 Å². The second kappa shape index (κ2) is 4.41. The number of amides is 1. The first-order valence-corrected chi connectivity index (χ1v) is 4.71. The van der Waals surface area contributed by atoms with E-state index >= 15 is 0 Å². The van der Waals surface area contributed by atoms with Crippen molar-refractivity contribution in [2.75, 3.05) is 13.7 Å². The Balaban J connectivity index is 2.68. The molecule has 0 bridgehead atoms. The Hall–Kier alpha value is -1.10. The van der Waals surface area contributed by atoms with Gasteiger partial charge in [-0.25, -0.2) is 4.79 Å². The number of hydrogen-bond acceptors (Lipinski definition) is 4. The van der Waals surface area contributed by atoms with E-state index in [1.165, 1.54) is 12.0 Å². The SMILES string of the molecule is COC(=O)C1CCCN1C(=O)[C@H](C)N. The number of methoxy groups -OCH3 is 1. The second-order valence-corrected chi connectivity index (χ2v) is 3.50. The van der Waals surface area contributed by atoms with Gasteiger partial charge in [0.15, 0.2) is 0 Å². The zero-order valence-electron chi connectivity index (χ0n) is 8.53. The summed E-state index contributed by atoms with van der Waals surface area (Å²) < 4.78 is 4.62. The quantitative estimate of drug-likeness (QED) is 0.610. The van der Waals surface area contributed by atoms with E-state index in [1.54, 1.807) is 6.92 Å². The summed E-state index contributed by atoms with van der Waals surface area (Å²) in [6, 6.07) is -0.987. The number of esters is 1. The van der Waals surface area contributed by atoms with E-state index in [-0.39, 0.29) is 11.9 Å². The molecule has 2 atom stereocenters. The summed E-state index contributed by atoms with van der Waals surface area (Å²) in [4.78, 5) is 24.4. The summed E-state index contributed by atoms with van der Waals surface area (Å²) >= 11 is 0. The van der Waals surface area contributed by atoms with Crippen LogP contribution in [0, 0.1) is 0 Å². The molecule has 5 nitrogen and oxygen atoms in total. The van der Waals surface area contributed by atoms with Gasteiger partial charge >= 0.3 is 5.97 Å². The van der Waals surface area contributed by atoms with E-state index in [1.807, 2.05) is 0 Å². The van der Waals surface area contributed by atoms with E-state index in [9.17, 15) is 9.59 Å². The van der Waals surface area contributed by atoms with Crippen molar-refractivity contribution in [1.82, 2.24) is 4.90 Å². The monoisotopic (exact) mass is 200 g/mol. The van der Waals surface area contributed by atoms with E-state index in [0.29, 0.717) is 13.0 Å². The Morgan fingerprint density at radius 1 is 1.57 bits per heavy atom. The second-order valence-electron chi connectivity index (χ2n) is 3.50. The molecule has 0 aliphatic carbocycles. The molecule has 1 rings (SSSR count). The highest BCUT2D eigenvalue weighted by atomic mass is 16.5. The van der Waals surface area contributed by atoms with Gasteiger partial charge < -0.3 is 15.4 Å². The Morgan fingerprint density at radius 3 is 2.71 bits per heavy atom. The Morgan fingerprint density at radius 2 is 2.21 bits per heavy atom. The first-order valence-electron chi connectivity index (χ1n) is 4.71. The third-order valence-electron chi connectivity index (χ3n) is 2.40. The molecule has 5 heteroatoms. The van der Waals surface area contributed by atoms with Gasteiger partial charge in [0, 0.05) is 6.54 Å². The van der Waals surface area contributed by atoms with Crippen LogP contribution in [0.15, 0.2) is 0 Å². The Kier molecular flexibility index (Phi) is 3.46. The predicted molar refractivity (Wildman–Crippen MR) is 50.4 cm³/mol. The van der Waals surface area contributed by atoms with Crippen molar-refractivity contribution in [3.8, 4) is 0 Å². The maximum atomic E-state index is 11.6. The molecule has 0 aromatic carbocycles. The molecule has 0 aromatic rings. The van der Waals surface area contributed by atoms with Crippen molar-refractivity contribution in [2.24, 2.45) is 5.73 Å². The Labute approximate surface area is 83.2 Å². The molecule has 1 heterocycles. The zero-order valence-corrected chi connectivity index (χ0v) is 8.53. The predicted octanol–water partition coefficient (Wildman–Crippen LogP) is -0.502. The lowest BCUT2D eigenvalue weighted by atomic mass is 10.2. The highest BCUT2D eigenvalue weighted by Gasteiger charge is 2.35. The minimum absolute atomic E-state index is 0.182. The molecule has 1 saturated heterocycles. The van der Waals surface area contributed by atoms with Gasteiger partial charge in [-0.1, -0.05) is 0 Å². The molecule has 1 aliphatic heterocycles. The molecular formula is C9H16N2O3. The van der Waals surface area contributed by atoms with E-state index in [2.05, 4.69) is 4.74 Å². The first kappa shape index (κ1) is 11.0. The zero-order chi connectivity index (χ0) is 10.7. The molecule has 2 N–H and O–H groups in total. The van der Waals surface area contributed by atoms with Gasteiger partial charge in [-0.2, -0.15) is 0 Å². The third-order valence-corrected chi connectivity index (χ3v) is 2.40. The molecule has 1 aliphatic rings. The van der Waals surface area contributed by atoms with Gasteiger partial charge in [0.2, 0.25) is 5.91 Å². The normalized spacial score (nSPS) is 23.4. The van der Waals surface area contributed by atoms with E-state index in [4.69, 9.17) is 5.73 Å². The summed E-state index contributed by atoms with van der Waals surface area (Å²) in [7, 11) is 1.33. The van der Waals surface area contributed by atoms with Crippen LogP contribution >= 0.6 is 0 Å². The number of rotatable bonds is 2. The highest BCUT2D eigenvalue weighted by molar-refractivity contribution is 5.87. The minimum atomic E-state index is -0.555. The van der Waals surface area contributed by atoms with E-state index in [0.717, 1.165) is 6.42 Å². The molecular weight excluding hydrogens is 184 g/mol. The third kappa shape index (κ3) is 2.04. The standard InChI is InChI=1S/C9H16N2O3/c1-6(10)8(12)11-5-3-4-7(11)9(13)14-2/h6-7H,3-5,10H2,1-2H3/t6-,7?/m0/s1. The van der Waals surface area contributed by atoms with Crippen LogP contribution in [0.3, 0.4) is 0 Å². The average Bonchev–Trinajstić information content (AvgIpc) is 2.63. The van der Waals surface area contributed by atoms with Crippen LogP contribution in [-0.4, -0.2) is 42.5 Å². The topological polar surface area (TPSA) is 72.6 Å². The number of ether oxygens (including phenoxy) is 1. The number of carbonyl (C=O) groups is 2. The van der Waals surface area contributed by atoms with Crippen molar-refractivity contribution in [3.05, 3.63) is 0 Å². The lowest BCUT2D eigenvalue weighted by molar-refractivity contribution is -0.151. The summed E-state index contributed by atoms with van der Waals surface area (Å²) in [5.41, 5.74) is 5.48. The van der Waals surface area contributed by atoms with E-state index < -0.39 is 12.1 Å². The number of likely N-dealkylation sites (tertiary alicyclic amines) is 1. The minimum Gasteiger partial charge on any atom is -0.467 e. The summed E-state index contributed by atoms with van der Waals surface area (Å²) in [5, 5.41) is 0. The van der Waals surface area contributed by atoms with Crippen LogP contribution in [0.1, 0.15) is 19.8 Å². The fourth-order valence-corrected chi connectivity index (χ4v) is 1.67. The molecule has 1 amide bonds. The van der Waals surface area contributed by atoms with Crippen molar-refractivity contribution < 1.29 is 14.3 Å². The maximum absolute atomic E-state index is 11.6. The smallest absolute Gasteiger partial charge is 0.328 e. The molecule has 1 fully saturated rings. The van der Waals surface area contributed by atoms with Crippen LogP contribution in [-0.2, 0) is 14.3 Å². The number of nitrogens with two attached hydrogens (primary N) is 1. The van der Waals surface area contributed by atoms with Crippen LogP contribution in [0.25, 0.3) is 0 Å². The van der Waals surface area contributed by atoms with Gasteiger partial charge in [-0.3, -0.25) is 4.79 Å². The molecule has 1 unspecified atom stereocenters. The van der Waals surface area contributed by atoms with Crippen molar-refractivity contribution >= 4 is 11.9 Å². The molecule has 80 valence electrons. The van der Waals surface area contributed by atoms with Gasteiger partial charge in [0.05, 0.1) is 13.2 Å². The molecule has 0 saturated carbocycles. The highest BCUT2D eigenvalue weighted by Crippen LogP contribution is 2.18. The molecule has 0 radical (unpaired) electrons. The summed E-state index contributed by atoms with van der Waals surface area (Å²) in [5.74, 6) is -0.533. The molecule has 0 aromatic heterocycles.